The van der Waals surface area contributed by atoms with Crippen LogP contribution in [0.5, 0.6) is 11.5 Å². The Morgan fingerprint density at radius 2 is 1.44 bits per heavy atom. The number of unbranched alkanes of at least 4 members (excludes halogenated alkanes) is 15. The summed E-state index contributed by atoms with van der Waals surface area (Å²) in [6.45, 7) is 2.62. The molecule has 0 radical (unpaired) electrons. The first kappa shape index (κ1) is 51.0. The molecule has 0 bridgehead atoms. The Hall–Kier alpha value is -3.60. The van der Waals surface area contributed by atoms with E-state index < -0.39 is 20.0 Å². The van der Waals surface area contributed by atoms with Crippen LogP contribution in [-0.2, 0) is 40.9 Å². The van der Waals surface area contributed by atoms with Gasteiger partial charge in [-0.3, -0.25) is 9.05 Å². The molecule has 0 amide bonds. The number of aryl methyl sites for hydroxylation is 1. The molecule has 1 unspecified atom stereocenters. The number of hydrogen-bond donors (Lipinski definition) is 1. The molecule has 0 fully saturated rings. The largest absolute Gasteiger partial charge is 0.530 e. The third kappa shape index (κ3) is 19.0. The minimum Gasteiger partial charge on any atom is -0.495 e. The zero-order valence-corrected chi connectivity index (χ0v) is 38.9. The molecule has 2 aromatic carbocycles. The van der Waals surface area contributed by atoms with Gasteiger partial charge < -0.3 is 29.2 Å². The number of phosphoric ester groups is 1. The molecule has 2 heterocycles. The van der Waals surface area contributed by atoms with Gasteiger partial charge in [0.2, 0.25) is 0 Å². The second-order valence-electron chi connectivity index (χ2n) is 15.5. The lowest BCUT2D eigenvalue weighted by atomic mass is 10.0. The van der Waals surface area contributed by atoms with Gasteiger partial charge in [0.25, 0.3) is 6.26 Å². The fraction of sp³-hybridized carbons (Fsp3) is 0.587. The highest BCUT2D eigenvalue weighted by Crippen LogP contribution is 2.51. The van der Waals surface area contributed by atoms with E-state index in [0.29, 0.717) is 41.6 Å². The van der Waals surface area contributed by atoms with Crippen molar-refractivity contribution in [2.24, 2.45) is 0 Å². The smallest absolute Gasteiger partial charge is 0.495 e. The SMILES string of the molecule is CCCCCCCCCCCCCCCCCCOC[C@H](COP(=O)(OC[C@H](CCc1ccc2c(N)ncnn12)OC#N)Oc1ccccc1Cl)OCc1ccc(OC)c(Cl)c1. The van der Waals surface area contributed by atoms with Crippen molar-refractivity contribution in [1.82, 2.24) is 14.6 Å². The van der Waals surface area contributed by atoms with Gasteiger partial charge in [-0.25, -0.2) is 14.1 Å². The number of para-hydroxylation sites is 1. The van der Waals surface area contributed by atoms with Crippen LogP contribution < -0.4 is 15.0 Å². The van der Waals surface area contributed by atoms with Gasteiger partial charge in [-0.1, -0.05) is 145 Å². The number of phosphoric acid groups is 1. The highest BCUT2D eigenvalue weighted by molar-refractivity contribution is 7.48. The van der Waals surface area contributed by atoms with E-state index in [1.165, 1.54) is 96.2 Å². The van der Waals surface area contributed by atoms with Crippen molar-refractivity contribution >= 4 is 42.4 Å². The van der Waals surface area contributed by atoms with E-state index in [0.717, 1.165) is 24.1 Å². The maximum absolute atomic E-state index is 14.4. The summed E-state index contributed by atoms with van der Waals surface area (Å²) in [7, 11) is -2.86. The van der Waals surface area contributed by atoms with Gasteiger partial charge in [0, 0.05) is 12.3 Å². The van der Waals surface area contributed by atoms with E-state index in [4.69, 9.17) is 61.5 Å². The molecule has 2 aromatic heterocycles. The van der Waals surface area contributed by atoms with Crippen LogP contribution in [0.1, 0.15) is 127 Å². The van der Waals surface area contributed by atoms with Crippen LogP contribution in [0.25, 0.3) is 5.52 Å². The molecule has 13 nitrogen and oxygen atoms in total. The predicted octanol–water partition coefficient (Wildman–Crippen LogP) is 12.5. The summed E-state index contributed by atoms with van der Waals surface area (Å²) in [6.07, 6.45) is 23.0. The molecule has 342 valence electrons. The van der Waals surface area contributed by atoms with Crippen LogP contribution in [-0.4, -0.2) is 60.3 Å². The number of methoxy groups -OCH3 is 1. The summed E-state index contributed by atoms with van der Waals surface area (Å²) in [5.41, 5.74) is 8.26. The first-order chi connectivity index (χ1) is 30.2. The van der Waals surface area contributed by atoms with Crippen molar-refractivity contribution in [2.45, 2.75) is 141 Å². The van der Waals surface area contributed by atoms with Crippen molar-refractivity contribution in [3.8, 4) is 17.8 Å². The highest BCUT2D eigenvalue weighted by Gasteiger charge is 2.33. The number of aromatic nitrogens is 3. The van der Waals surface area contributed by atoms with Crippen LogP contribution in [0.4, 0.5) is 5.82 Å². The van der Waals surface area contributed by atoms with E-state index >= 15 is 0 Å². The number of ether oxygens (including phenoxy) is 4. The highest BCUT2D eigenvalue weighted by atomic mass is 35.5. The fourth-order valence-electron chi connectivity index (χ4n) is 6.96. The molecule has 4 rings (SSSR count). The molecule has 0 aliphatic carbocycles. The van der Waals surface area contributed by atoms with Crippen LogP contribution in [0, 0.1) is 11.5 Å². The molecular formula is C46H66Cl2N5O8P. The summed E-state index contributed by atoms with van der Waals surface area (Å²) in [4.78, 5) is 4.03. The quantitative estimate of drug-likeness (QED) is 0.0264. The molecule has 0 saturated heterocycles. The first-order valence-electron chi connectivity index (χ1n) is 22.2. The minimum absolute atomic E-state index is 0.0947. The Morgan fingerprint density at radius 3 is 2.06 bits per heavy atom. The van der Waals surface area contributed by atoms with Gasteiger partial charge in [-0.2, -0.15) is 10.4 Å². The van der Waals surface area contributed by atoms with Gasteiger partial charge in [0.1, 0.15) is 35.6 Å². The average molecular weight is 919 g/mol. The lowest BCUT2D eigenvalue weighted by Crippen LogP contribution is -2.27. The number of nitrogen functional groups attached to an aromatic ring is 1. The van der Waals surface area contributed by atoms with Crippen molar-refractivity contribution in [3.05, 3.63) is 82.2 Å². The van der Waals surface area contributed by atoms with Crippen molar-refractivity contribution < 1.29 is 37.1 Å². The van der Waals surface area contributed by atoms with Gasteiger partial charge in [0.15, 0.2) is 5.82 Å². The molecule has 0 aliphatic rings. The third-order valence-electron chi connectivity index (χ3n) is 10.5. The second kappa shape index (κ2) is 29.7. The fourth-order valence-corrected chi connectivity index (χ4v) is 8.75. The lowest BCUT2D eigenvalue weighted by Gasteiger charge is -2.24. The number of halogens is 2. The zero-order chi connectivity index (χ0) is 44.3. The Morgan fingerprint density at radius 1 is 0.790 bits per heavy atom. The van der Waals surface area contributed by atoms with Gasteiger partial charge in [-0.05, 0) is 61.2 Å². The number of fused-ring (bicyclic) bond motifs is 1. The molecule has 4 aromatic rings. The normalized spacial score (nSPS) is 13.4. The summed E-state index contributed by atoms with van der Waals surface area (Å²) in [6, 6.07) is 15.6. The molecule has 16 heteroatoms. The molecule has 0 aliphatic heterocycles. The standard InChI is InChI=1S/C46H66Cl2N5O8P/c1-3-4-5-6-7-8-9-10-11-12-13-14-15-16-17-20-29-56-32-40(57-31-37-23-28-44(55-2)42(48)30-37)34-60-62(54,61-45-22-19-18-21-41(45)47)59-33-39(58-35-49)26-24-38-25-27-43-46(50)51-36-52-53(38)43/h18-19,21-23,25,27-28,30,36,39-40H,3-17,20,24,26,29,31-34H2,1-2H3,(H2,50,51,52)/t39-,40+,62?/m0/s1. The van der Waals surface area contributed by atoms with Crippen LogP contribution in [0.15, 0.2) is 60.9 Å². The lowest BCUT2D eigenvalue weighted by molar-refractivity contribution is -0.0512. The van der Waals surface area contributed by atoms with Crippen LogP contribution >= 0.6 is 31.0 Å². The maximum atomic E-state index is 14.4. The van der Waals surface area contributed by atoms with Crippen LogP contribution in [0.3, 0.4) is 0 Å². The van der Waals surface area contributed by atoms with Crippen molar-refractivity contribution in [1.29, 1.82) is 5.26 Å². The molecule has 0 saturated carbocycles. The molecular weight excluding hydrogens is 852 g/mol. The summed E-state index contributed by atoms with van der Waals surface area (Å²) < 4.78 is 56.7. The van der Waals surface area contributed by atoms with E-state index in [1.807, 2.05) is 18.2 Å². The number of nitrogens with two attached hydrogens (primary N) is 1. The summed E-state index contributed by atoms with van der Waals surface area (Å²) in [5, 5.41) is 14.4. The molecule has 3 atom stereocenters. The Kier molecular flexibility index (Phi) is 24.5. The number of rotatable bonds is 35. The van der Waals surface area contributed by atoms with Crippen molar-refractivity contribution in [2.75, 3.05) is 39.3 Å². The minimum atomic E-state index is -4.41. The van der Waals surface area contributed by atoms with E-state index in [2.05, 4.69) is 17.0 Å². The summed E-state index contributed by atoms with van der Waals surface area (Å²) in [5.74, 6) is 0.985. The van der Waals surface area contributed by atoms with Crippen molar-refractivity contribution in [3.63, 3.8) is 0 Å². The van der Waals surface area contributed by atoms with Gasteiger partial charge >= 0.3 is 7.82 Å². The Balaban J connectivity index is 1.29. The van der Waals surface area contributed by atoms with Crippen LogP contribution in [0.2, 0.25) is 10.0 Å². The van der Waals surface area contributed by atoms with Gasteiger partial charge in [0.05, 0.1) is 43.6 Å². The molecule has 62 heavy (non-hydrogen) atoms. The second-order valence-corrected chi connectivity index (χ2v) is 17.9. The number of nitriles is 1. The zero-order valence-electron chi connectivity index (χ0n) is 36.5. The monoisotopic (exact) mass is 917 g/mol. The van der Waals surface area contributed by atoms with E-state index in [9.17, 15) is 9.83 Å². The molecule has 0 spiro atoms. The Labute approximate surface area is 378 Å². The first-order valence-corrected chi connectivity index (χ1v) is 24.4. The number of benzene rings is 2. The third-order valence-corrected chi connectivity index (χ3v) is 12.5. The predicted molar refractivity (Wildman–Crippen MR) is 245 cm³/mol. The summed E-state index contributed by atoms with van der Waals surface area (Å²) >= 11 is 12.8. The van der Waals surface area contributed by atoms with E-state index in [1.54, 1.807) is 54.3 Å². The van der Waals surface area contributed by atoms with Gasteiger partial charge in [-0.15, -0.1) is 0 Å². The number of hydrogen-bond acceptors (Lipinski definition) is 12. The molecule has 2 N–H and O–H groups in total. The number of nitrogens with zero attached hydrogens (tertiary/aromatic N) is 4. The topological polar surface area (TPSA) is 162 Å². The maximum Gasteiger partial charge on any atom is 0.530 e. The Bertz CT molecular complexity index is 1950. The average Bonchev–Trinajstić information content (AvgIpc) is 3.70. The van der Waals surface area contributed by atoms with E-state index in [-0.39, 0.29) is 37.2 Å². The number of anilines is 1.